The van der Waals surface area contributed by atoms with Crippen LogP contribution in [-0.2, 0) is 0 Å². The molecule has 0 aliphatic heterocycles. The Morgan fingerprint density at radius 1 is 0.449 bits per heavy atom. The highest BCUT2D eigenvalue weighted by molar-refractivity contribution is 6.13. The number of hydrogen-bond donors (Lipinski definition) is 0. The molecular weight excluding hydrogens is 603 g/mol. The second-order valence-electron chi connectivity index (χ2n) is 12.6. The van der Waals surface area contributed by atoms with Crippen molar-refractivity contribution in [2.24, 2.45) is 0 Å². The predicted molar refractivity (Wildman–Crippen MR) is 199 cm³/mol. The second kappa shape index (κ2) is 9.89. The Kier molecular flexibility index (Phi) is 5.32. The fourth-order valence-electron chi connectivity index (χ4n) is 7.58. The first-order valence-electron chi connectivity index (χ1n) is 16.4. The molecule has 11 rings (SSSR count). The van der Waals surface area contributed by atoms with E-state index in [1.807, 2.05) is 54.6 Å². The van der Waals surface area contributed by atoms with E-state index in [4.69, 9.17) is 18.8 Å². The van der Waals surface area contributed by atoms with E-state index in [2.05, 4.69) is 102 Å². The number of pyridine rings is 2. The Bertz CT molecular complexity index is 2990. The van der Waals surface area contributed by atoms with Crippen LogP contribution in [0, 0.1) is 0 Å². The summed E-state index contributed by atoms with van der Waals surface area (Å²) in [5.74, 6) is 0. The topological polar surface area (TPSA) is 56.5 Å². The van der Waals surface area contributed by atoms with E-state index in [0.717, 1.165) is 105 Å². The number of para-hydroxylation sites is 5. The van der Waals surface area contributed by atoms with Crippen LogP contribution in [0.1, 0.15) is 0 Å². The van der Waals surface area contributed by atoms with E-state index < -0.39 is 0 Å². The SMILES string of the molecule is c1ccc2c(c1)nc(-c1cc(-c3cccc4c3oc3ccccc34)cc(-c3cccc4c3oc3ccccc34)c1)c1c2nc2ccccn21. The van der Waals surface area contributed by atoms with Gasteiger partial charge in [-0.3, -0.25) is 4.40 Å². The van der Waals surface area contributed by atoms with Gasteiger partial charge in [0.05, 0.1) is 16.7 Å². The molecule has 5 heterocycles. The van der Waals surface area contributed by atoms with Crippen LogP contribution in [-0.4, -0.2) is 14.4 Å². The summed E-state index contributed by atoms with van der Waals surface area (Å²) < 4.78 is 15.3. The lowest BCUT2D eigenvalue weighted by Gasteiger charge is -2.13. The lowest BCUT2D eigenvalue weighted by atomic mass is 9.92. The standard InChI is InChI=1S/C44H25N3O2/c1-4-18-36-35(13-1)41-42(47-22-8-7-21-39(47)46-41)40(45-36)28-24-26(29-14-9-16-33-31-11-2-5-19-37(31)48-43(29)33)23-27(25-28)30-15-10-17-34-32-12-3-6-20-38(32)49-44(30)34/h1-25H. The minimum Gasteiger partial charge on any atom is -0.455 e. The summed E-state index contributed by atoms with van der Waals surface area (Å²) in [6, 6.07) is 50.3. The number of benzene rings is 6. The summed E-state index contributed by atoms with van der Waals surface area (Å²) in [5, 5.41) is 5.41. The van der Waals surface area contributed by atoms with Gasteiger partial charge in [-0.15, -0.1) is 0 Å². The van der Waals surface area contributed by atoms with Crippen LogP contribution in [0.2, 0.25) is 0 Å². The number of aromatic nitrogens is 3. The molecule has 5 aromatic heterocycles. The van der Waals surface area contributed by atoms with Crippen LogP contribution < -0.4 is 0 Å². The van der Waals surface area contributed by atoms with Crippen LogP contribution in [0.4, 0.5) is 0 Å². The predicted octanol–water partition coefficient (Wildman–Crippen LogP) is 11.8. The summed E-state index contributed by atoms with van der Waals surface area (Å²) in [5.41, 5.74) is 13.1. The van der Waals surface area contributed by atoms with Crippen molar-refractivity contribution in [2.75, 3.05) is 0 Å². The van der Waals surface area contributed by atoms with Crippen molar-refractivity contribution in [1.82, 2.24) is 14.4 Å². The average molecular weight is 628 g/mol. The van der Waals surface area contributed by atoms with Gasteiger partial charge in [0.1, 0.15) is 33.5 Å². The molecule has 0 unspecified atom stereocenters. The maximum atomic E-state index is 6.56. The molecule has 6 aromatic carbocycles. The number of nitrogens with zero attached hydrogens (tertiary/aromatic N) is 3. The van der Waals surface area contributed by atoms with Gasteiger partial charge in [0.25, 0.3) is 0 Å². The number of imidazole rings is 1. The minimum atomic E-state index is 0.861. The van der Waals surface area contributed by atoms with Crippen molar-refractivity contribution in [3.63, 3.8) is 0 Å². The number of hydrogen-bond acceptors (Lipinski definition) is 4. The van der Waals surface area contributed by atoms with Gasteiger partial charge in [-0.1, -0.05) is 97.1 Å². The third-order valence-corrected chi connectivity index (χ3v) is 9.78. The van der Waals surface area contributed by atoms with E-state index in [0.29, 0.717) is 0 Å². The Hall–Kier alpha value is -6.72. The Morgan fingerprint density at radius 2 is 1.00 bits per heavy atom. The Morgan fingerprint density at radius 3 is 1.67 bits per heavy atom. The maximum absolute atomic E-state index is 6.56. The molecule has 0 radical (unpaired) electrons. The van der Waals surface area contributed by atoms with Crippen molar-refractivity contribution < 1.29 is 8.83 Å². The van der Waals surface area contributed by atoms with Gasteiger partial charge >= 0.3 is 0 Å². The fourth-order valence-corrected chi connectivity index (χ4v) is 7.58. The normalized spacial score (nSPS) is 12.1. The molecule has 0 aliphatic rings. The molecule has 0 bridgehead atoms. The lowest BCUT2D eigenvalue weighted by molar-refractivity contribution is 0.670. The summed E-state index contributed by atoms with van der Waals surface area (Å²) in [7, 11) is 0. The van der Waals surface area contributed by atoms with Crippen LogP contribution in [0.25, 0.3) is 105 Å². The highest BCUT2D eigenvalue weighted by Gasteiger charge is 2.21. The molecule has 5 nitrogen and oxygen atoms in total. The maximum Gasteiger partial charge on any atom is 0.143 e. The van der Waals surface area contributed by atoms with Gasteiger partial charge < -0.3 is 8.83 Å². The molecule has 0 saturated carbocycles. The van der Waals surface area contributed by atoms with E-state index in [1.54, 1.807) is 0 Å². The first kappa shape index (κ1) is 26.4. The molecule has 5 heteroatoms. The summed E-state index contributed by atoms with van der Waals surface area (Å²) in [6.45, 7) is 0. The van der Waals surface area contributed by atoms with Crippen molar-refractivity contribution in [1.29, 1.82) is 0 Å². The molecule has 228 valence electrons. The van der Waals surface area contributed by atoms with Crippen LogP contribution >= 0.6 is 0 Å². The third-order valence-electron chi connectivity index (χ3n) is 9.78. The quantitative estimate of drug-likeness (QED) is 0.196. The van der Waals surface area contributed by atoms with Gasteiger partial charge in [-0.05, 0) is 59.7 Å². The van der Waals surface area contributed by atoms with E-state index in [1.165, 1.54) is 0 Å². The molecule has 49 heavy (non-hydrogen) atoms. The van der Waals surface area contributed by atoms with Crippen molar-refractivity contribution in [3.05, 3.63) is 152 Å². The van der Waals surface area contributed by atoms with Crippen molar-refractivity contribution in [3.8, 4) is 33.5 Å². The monoisotopic (exact) mass is 627 g/mol. The summed E-state index contributed by atoms with van der Waals surface area (Å²) in [4.78, 5) is 10.5. The van der Waals surface area contributed by atoms with Gasteiger partial charge in [0, 0.05) is 49.8 Å². The second-order valence-corrected chi connectivity index (χ2v) is 12.6. The smallest absolute Gasteiger partial charge is 0.143 e. The molecule has 0 fully saturated rings. The van der Waals surface area contributed by atoms with Crippen LogP contribution in [0.15, 0.2) is 161 Å². The third kappa shape index (κ3) is 3.81. The Balaban J connectivity index is 1.27. The largest absolute Gasteiger partial charge is 0.455 e. The molecule has 0 N–H and O–H groups in total. The van der Waals surface area contributed by atoms with Crippen LogP contribution in [0.3, 0.4) is 0 Å². The highest BCUT2D eigenvalue weighted by Crippen LogP contribution is 2.43. The minimum absolute atomic E-state index is 0.861. The molecule has 0 saturated heterocycles. The van der Waals surface area contributed by atoms with Gasteiger partial charge in [0.15, 0.2) is 0 Å². The summed E-state index contributed by atoms with van der Waals surface area (Å²) in [6.07, 6.45) is 2.07. The Labute approximate surface area is 279 Å². The summed E-state index contributed by atoms with van der Waals surface area (Å²) >= 11 is 0. The van der Waals surface area contributed by atoms with Gasteiger partial charge in [-0.25, -0.2) is 9.97 Å². The molecule has 0 amide bonds. The zero-order chi connectivity index (χ0) is 32.1. The van der Waals surface area contributed by atoms with Crippen molar-refractivity contribution in [2.45, 2.75) is 0 Å². The van der Waals surface area contributed by atoms with Gasteiger partial charge in [-0.2, -0.15) is 0 Å². The highest BCUT2D eigenvalue weighted by atomic mass is 16.3. The number of fused-ring (bicyclic) bond motifs is 11. The van der Waals surface area contributed by atoms with E-state index >= 15 is 0 Å². The van der Waals surface area contributed by atoms with E-state index in [9.17, 15) is 0 Å². The van der Waals surface area contributed by atoms with Crippen LogP contribution in [0.5, 0.6) is 0 Å². The lowest BCUT2D eigenvalue weighted by Crippen LogP contribution is -1.94. The first-order chi connectivity index (χ1) is 24.3. The van der Waals surface area contributed by atoms with Crippen molar-refractivity contribution >= 4 is 71.5 Å². The average Bonchev–Trinajstić information content (AvgIpc) is 3.86. The molecule has 0 spiro atoms. The van der Waals surface area contributed by atoms with Gasteiger partial charge in [0.2, 0.25) is 0 Å². The molecule has 11 aromatic rings. The number of furan rings is 2. The molecular formula is C44H25N3O2. The molecule has 0 atom stereocenters. The zero-order valence-corrected chi connectivity index (χ0v) is 26.1. The fraction of sp³-hybridized carbons (Fsp3) is 0. The molecule has 0 aliphatic carbocycles. The zero-order valence-electron chi connectivity index (χ0n) is 26.1. The van der Waals surface area contributed by atoms with E-state index in [-0.39, 0.29) is 0 Å². The first-order valence-corrected chi connectivity index (χ1v) is 16.4. The number of rotatable bonds is 3.